The molecule has 0 atom stereocenters. The number of nitrogens with zero attached hydrogens (tertiary/aromatic N) is 4. The minimum absolute atomic E-state index is 0.135. The summed E-state index contributed by atoms with van der Waals surface area (Å²) in [6.45, 7) is 10.2. The maximum Gasteiger partial charge on any atom is 0.215 e. The summed E-state index contributed by atoms with van der Waals surface area (Å²) in [4.78, 5) is 14.3. The number of hydrogen-bond acceptors (Lipinski definition) is 6. The molecule has 6 heteroatoms. The summed E-state index contributed by atoms with van der Waals surface area (Å²) < 4.78 is 11.7. The Morgan fingerprint density at radius 2 is 1.71 bits per heavy atom. The van der Waals surface area contributed by atoms with E-state index in [0.717, 1.165) is 75.7 Å². The molecule has 0 spiro atoms. The second-order valence-electron chi connectivity index (χ2n) is 9.69. The van der Waals surface area contributed by atoms with E-state index in [1.54, 1.807) is 0 Å². The second kappa shape index (κ2) is 11.1. The fourth-order valence-corrected chi connectivity index (χ4v) is 4.92. The molecule has 2 aromatic carbocycles. The highest BCUT2D eigenvalue weighted by Crippen LogP contribution is 2.28. The number of pyridine rings is 1. The van der Waals surface area contributed by atoms with Gasteiger partial charge in [-0.3, -0.25) is 4.90 Å². The van der Waals surface area contributed by atoms with Gasteiger partial charge in [-0.1, -0.05) is 36.4 Å². The van der Waals surface area contributed by atoms with Gasteiger partial charge in [0.05, 0.1) is 12.7 Å². The van der Waals surface area contributed by atoms with Gasteiger partial charge in [0.1, 0.15) is 0 Å². The maximum atomic E-state index is 5.95. The molecule has 1 aromatic heterocycles. The number of rotatable bonds is 8. The molecule has 0 unspecified atom stereocenters. The highest BCUT2D eigenvalue weighted by Gasteiger charge is 2.19. The van der Waals surface area contributed by atoms with Crippen LogP contribution in [0.25, 0.3) is 10.8 Å². The number of benzene rings is 2. The number of hydrogen-bond donors (Lipinski definition) is 0. The van der Waals surface area contributed by atoms with Crippen molar-refractivity contribution in [1.82, 2.24) is 9.88 Å². The molecule has 35 heavy (non-hydrogen) atoms. The van der Waals surface area contributed by atoms with Crippen molar-refractivity contribution in [2.45, 2.75) is 45.6 Å². The normalized spacial score (nSPS) is 16.3. The van der Waals surface area contributed by atoms with Crippen molar-refractivity contribution in [2.24, 2.45) is 4.99 Å². The van der Waals surface area contributed by atoms with Gasteiger partial charge in [0.2, 0.25) is 5.88 Å². The number of ether oxygens (including phenoxy) is 2. The first-order valence-electron chi connectivity index (χ1n) is 13.0. The van der Waals surface area contributed by atoms with Crippen LogP contribution >= 0.6 is 0 Å². The molecular formula is C29H36N4O2. The third-order valence-electron chi connectivity index (χ3n) is 6.74. The van der Waals surface area contributed by atoms with E-state index < -0.39 is 0 Å². The molecule has 6 nitrogen and oxygen atoms in total. The molecule has 0 aliphatic carbocycles. The molecule has 2 aliphatic heterocycles. The lowest BCUT2D eigenvalue weighted by molar-refractivity contribution is 0.220. The van der Waals surface area contributed by atoms with Gasteiger partial charge in [-0.15, -0.1) is 0 Å². The van der Waals surface area contributed by atoms with E-state index in [4.69, 9.17) is 9.47 Å². The molecule has 0 N–H and O–H groups in total. The number of fused-ring (bicyclic) bond motifs is 2. The van der Waals surface area contributed by atoms with Gasteiger partial charge in [-0.05, 0) is 62.7 Å². The third kappa shape index (κ3) is 5.93. The highest BCUT2D eigenvalue weighted by molar-refractivity contribution is 5.94. The standard InChI is InChI=1S/C29H36N4O2/c1-22(2)35-28-15-13-24-12-14-27(30-29(24)31-28)34-21-6-5-16-32-17-19-33(20-18-32)26-11-7-9-23-8-3-4-10-25(23)26/h3-4,7-12,14,22H,5-6,13,15-21H2,1-2H3. The largest absolute Gasteiger partial charge is 0.478 e. The van der Waals surface area contributed by atoms with Crippen molar-refractivity contribution in [3.05, 3.63) is 60.2 Å². The Hall–Kier alpha value is -3.12. The van der Waals surface area contributed by atoms with Gasteiger partial charge < -0.3 is 14.4 Å². The Kier molecular flexibility index (Phi) is 7.48. The van der Waals surface area contributed by atoms with Crippen LogP contribution in [0, 0.1) is 0 Å². The SMILES string of the molecule is CC(C)OC1=Nc2nc(OCCCCN3CCN(c4cccc5ccccc45)CC3)ccc2CC1. The van der Waals surface area contributed by atoms with Gasteiger partial charge in [0.15, 0.2) is 11.7 Å². The van der Waals surface area contributed by atoms with Gasteiger partial charge in [-0.2, -0.15) is 9.98 Å². The van der Waals surface area contributed by atoms with Crippen LogP contribution in [0.5, 0.6) is 5.88 Å². The van der Waals surface area contributed by atoms with Gasteiger partial charge in [0.25, 0.3) is 0 Å². The highest BCUT2D eigenvalue weighted by atomic mass is 16.5. The second-order valence-corrected chi connectivity index (χ2v) is 9.69. The third-order valence-corrected chi connectivity index (χ3v) is 6.74. The lowest BCUT2D eigenvalue weighted by atomic mass is 10.1. The average molecular weight is 473 g/mol. The summed E-state index contributed by atoms with van der Waals surface area (Å²) in [6, 6.07) is 19.4. The summed E-state index contributed by atoms with van der Waals surface area (Å²) in [5.41, 5.74) is 2.53. The van der Waals surface area contributed by atoms with Gasteiger partial charge in [0, 0.05) is 49.7 Å². The lowest BCUT2D eigenvalue weighted by Gasteiger charge is -2.36. The maximum absolute atomic E-state index is 5.95. The van der Waals surface area contributed by atoms with Crippen LogP contribution < -0.4 is 9.64 Å². The molecule has 184 valence electrons. The van der Waals surface area contributed by atoms with Crippen LogP contribution in [0.2, 0.25) is 0 Å². The molecule has 0 saturated carbocycles. The van der Waals surface area contributed by atoms with Crippen LogP contribution in [-0.4, -0.2) is 61.2 Å². The Morgan fingerprint density at radius 1 is 0.886 bits per heavy atom. The van der Waals surface area contributed by atoms with Crippen molar-refractivity contribution < 1.29 is 9.47 Å². The van der Waals surface area contributed by atoms with Gasteiger partial charge in [-0.25, -0.2) is 0 Å². The average Bonchev–Trinajstić information content (AvgIpc) is 2.88. The fourth-order valence-electron chi connectivity index (χ4n) is 4.92. The molecule has 0 bridgehead atoms. The predicted octanol–water partition coefficient (Wildman–Crippen LogP) is 5.62. The molecule has 2 aliphatic rings. The first-order chi connectivity index (χ1) is 17.2. The van der Waals surface area contributed by atoms with Crippen molar-refractivity contribution in [3.63, 3.8) is 0 Å². The molecule has 3 aromatic rings. The van der Waals surface area contributed by atoms with E-state index in [9.17, 15) is 0 Å². The number of unbranched alkanes of at least 4 members (excludes halogenated alkanes) is 1. The number of piperazine rings is 1. The van der Waals surface area contributed by atoms with E-state index >= 15 is 0 Å². The fraction of sp³-hybridized carbons (Fsp3) is 0.448. The molecule has 1 fully saturated rings. The molecule has 0 amide bonds. The van der Waals surface area contributed by atoms with E-state index in [1.807, 2.05) is 19.9 Å². The summed E-state index contributed by atoms with van der Waals surface area (Å²) >= 11 is 0. The summed E-state index contributed by atoms with van der Waals surface area (Å²) in [5, 5.41) is 2.67. The van der Waals surface area contributed by atoms with Gasteiger partial charge >= 0.3 is 0 Å². The summed E-state index contributed by atoms with van der Waals surface area (Å²) in [5.74, 6) is 2.17. The monoisotopic (exact) mass is 472 g/mol. The quantitative estimate of drug-likeness (QED) is 0.399. The Bertz CT molecular complexity index is 1160. The van der Waals surface area contributed by atoms with Crippen LogP contribution in [0.3, 0.4) is 0 Å². The van der Waals surface area contributed by atoms with Crippen molar-refractivity contribution in [3.8, 4) is 5.88 Å². The number of aryl methyl sites for hydroxylation is 1. The van der Waals surface area contributed by atoms with Crippen molar-refractivity contribution >= 4 is 28.2 Å². The van der Waals surface area contributed by atoms with Crippen LogP contribution in [-0.2, 0) is 11.2 Å². The first-order valence-corrected chi connectivity index (χ1v) is 13.0. The zero-order valence-electron chi connectivity index (χ0n) is 20.9. The molecule has 3 heterocycles. The summed E-state index contributed by atoms with van der Waals surface area (Å²) in [7, 11) is 0. The minimum Gasteiger partial charge on any atom is -0.478 e. The zero-order chi connectivity index (χ0) is 24.0. The molecule has 5 rings (SSSR count). The predicted molar refractivity (Wildman–Crippen MR) is 143 cm³/mol. The number of aliphatic imine (C=N–C) groups is 1. The first kappa shape index (κ1) is 23.6. The van der Waals surface area contributed by atoms with E-state index in [0.29, 0.717) is 12.5 Å². The Balaban J connectivity index is 1.04. The molecule has 0 radical (unpaired) electrons. The van der Waals surface area contributed by atoms with Crippen LogP contribution in [0.4, 0.5) is 11.5 Å². The van der Waals surface area contributed by atoms with E-state index in [1.165, 1.54) is 16.5 Å². The minimum atomic E-state index is 0.135. The Labute approximate surface area is 208 Å². The van der Waals surface area contributed by atoms with Crippen molar-refractivity contribution in [1.29, 1.82) is 0 Å². The number of aromatic nitrogens is 1. The lowest BCUT2D eigenvalue weighted by Crippen LogP contribution is -2.46. The van der Waals surface area contributed by atoms with E-state index in [-0.39, 0.29) is 6.10 Å². The molecular weight excluding hydrogens is 436 g/mol. The topological polar surface area (TPSA) is 50.2 Å². The van der Waals surface area contributed by atoms with Crippen molar-refractivity contribution in [2.75, 3.05) is 44.2 Å². The van der Waals surface area contributed by atoms with Crippen LogP contribution in [0.1, 0.15) is 38.7 Å². The van der Waals surface area contributed by atoms with E-state index in [2.05, 4.69) is 68.3 Å². The summed E-state index contributed by atoms with van der Waals surface area (Å²) in [6.07, 6.45) is 4.04. The smallest absolute Gasteiger partial charge is 0.215 e. The van der Waals surface area contributed by atoms with Crippen LogP contribution in [0.15, 0.2) is 59.6 Å². The Morgan fingerprint density at radius 3 is 2.57 bits per heavy atom. The number of anilines is 1. The zero-order valence-corrected chi connectivity index (χ0v) is 20.9. The molecule has 1 saturated heterocycles.